The molecule has 3 amide bonds. The van der Waals surface area contributed by atoms with Crippen LogP contribution < -0.4 is 20.9 Å². The van der Waals surface area contributed by atoms with Crippen molar-refractivity contribution in [2.45, 2.75) is 179 Å². The van der Waals surface area contributed by atoms with Crippen molar-refractivity contribution in [3.8, 4) is 0 Å². The van der Waals surface area contributed by atoms with Crippen molar-refractivity contribution in [2.75, 3.05) is 89.1 Å². The van der Waals surface area contributed by atoms with Crippen molar-refractivity contribution in [3.05, 3.63) is 120 Å². The minimum absolute atomic E-state index is 0.0503. The number of benzene rings is 4. The predicted molar refractivity (Wildman–Crippen MR) is 352 cm³/mol. The molecule has 0 spiro atoms. The lowest BCUT2D eigenvalue weighted by Gasteiger charge is -2.34. The van der Waals surface area contributed by atoms with E-state index in [0.29, 0.717) is 63.9 Å². The molecule has 0 aliphatic carbocycles. The first-order valence-corrected chi connectivity index (χ1v) is 33.3. The first-order chi connectivity index (χ1) is 42.7. The van der Waals surface area contributed by atoms with Gasteiger partial charge in [-0.05, 0) is 182 Å². The van der Waals surface area contributed by atoms with Crippen LogP contribution in [0, 0.1) is 11.8 Å². The number of carbonyl (C=O) groups excluding carboxylic acids is 3. The average Bonchev–Trinajstić information content (AvgIpc) is 2.14. The van der Waals surface area contributed by atoms with E-state index in [4.69, 9.17) is 25.2 Å². The summed E-state index contributed by atoms with van der Waals surface area (Å²) in [4.78, 5) is 59.1. The quantitative estimate of drug-likeness (QED) is 0.0419. The third-order valence-corrected chi connectivity index (χ3v) is 18.6. The topological polar surface area (TPSA) is 197 Å². The Morgan fingerprint density at radius 1 is 0.625 bits per heavy atom. The van der Waals surface area contributed by atoms with E-state index in [1.807, 2.05) is 42.7 Å². The van der Waals surface area contributed by atoms with Gasteiger partial charge >= 0.3 is 6.09 Å². The molecule has 0 unspecified atom stereocenters. The highest BCUT2D eigenvalue weighted by Gasteiger charge is 2.33. The largest absolute Gasteiger partial charge is 0.444 e. The SMILES string of the molecule is CCCCn1c([C@@H]2CCCN(C(=O)C[C@@H](Cc3ccc(N4CCC(CCO)CC4)cc3)NC(=O)OC(C)(C)C)C2)nc2ccccc21.COCCCn1c([C@@H]2CCCN(C(=O)C[C@H](N)Cc3ccc(N4CCC(CCO)CC4)cc3)C2)nc2ccccc21. The third kappa shape index (κ3) is 18.3. The second kappa shape index (κ2) is 32.3. The number of anilines is 2. The molecule has 6 aromatic rings. The van der Waals surface area contributed by atoms with Gasteiger partial charge in [-0.1, -0.05) is 61.9 Å². The number of rotatable bonds is 24. The Kier molecular flexibility index (Phi) is 24.2. The van der Waals surface area contributed by atoms with Crippen LogP contribution in [0.1, 0.15) is 159 Å². The molecule has 0 saturated carbocycles. The number of unbranched alkanes of at least 4 members (excludes halogenated alkanes) is 1. The Bertz CT molecular complexity index is 3120. The highest BCUT2D eigenvalue weighted by atomic mass is 16.6. The molecule has 2 aromatic heterocycles. The van der Waals surface area contributed by atoms with Crippen molar-refractivity contribution in [1.29, 1.82) is 0 Å². The standard InChI is InChI=1S/C38H55N5O4.C33H47N5O3/c1-5-6-21-43-34-12-8-7-11-33(34)40-36(43)30-10-9-20-42(27-30)35(45)26-31(39-37(46)47-38(2,3)4)25-29-13-15-32(16-14-29)41-22-17-28(18-23-41)19-24-44;1-41-21-5-17-38-31-8-3-2-7-30(31)35-33(38)27-6-4-16-37(24-27)32(40)23-28(34)22-26-9-11-29(12-10-26)36-18-13-25(14-19-36)15-20-39/h7-8,11-16,28,30-31,44H,5-6,9-10,17-27H2,1-4H3,(H,39,46);2-3,7-12,25,27-28,39H,4-6,13-24,34H2,1H3/t30-,31-;27-,28-/m11/s1. The molecule has 4 atom stereocenters. The summed E-state index contributed by atoms with van der Waals surface area (Å²) in [6, 6.07) is 33.2. The van der Waals surface area contributed by atoms with Crippen LogP contribution in [0.2, 0.25) is 0 Å². The Labute approximate surface area is 523 Å². The van der Waals surface area contributed by atoms with Gasteiger partial charge in [0.25, 0.3) is 0 Å². The van der Waals surface area contributed by atoms with E-state index < -0.39 is 17.7 Å². The number of para-hydroxylation sites is 4. The number of aliphatic hydroxyl groups excluding tert-OH is 2. The van der Waals surface area contributed by atoms with Crippen LogP contribution in [0.15, 0.2) is 97.1 Å². The Morgan fingerprint density at radius 3 is 1.56 bits per heavy atom. The number of likely N-dealkylation sites (tertiary alicyclic amines) is 2. The number of piperidine rings is 4. The molecule has 4 aromatic carbocycles. The minimum atomic E-state index is -0.631. The van der Waals surface area contributed by atoms with Crippen LogP contribution in [0.4, 0.5) is 16.2 Å². The first-order valence-electron chi connectivity index (χ1n) is 33.3. The molecule has 6 heterocycles. The van der Waals surface area contributed by atoms with Gasteiger partial charge in [-0.15, -0.1) is 0 Å². The van der Waals surface area contributed by atoms with Crippen LogP contribution in [0.25, 0.3) is 22.1 Å². The molecule has 5 N–H and O–H groups in total. The summed E-state index contributed by atoms with van der Waals surface area (Å²) in [5, 5.41) is 21.5. The number of ether oxygens (including phenoxy) is 2. The molecule has 88 heavy (non-hydrogen) atoms. The van der Waals surface area contributed by atoms with Crippen molar-refractivity contribution >= 4 is 51.3 Å². The number of nitrogens with zero attached hydrogens (tertiary/aromatic N) is 8. The zero-order chi connectivity index (χ0) is 62.0. The maximum atomic E-state index is 13.9. The van der Waals surface area contributed by atoms with E-state index in [2.05, 4.69) is 116 Å². The second-order valence-electron chi connectivity index (χ2n) is 26.4. The first kappa shape index (κ1) is 65.9. The minimum Gasteiger partial charge on any atom is -0.444 e. The molecule has 4 aliphatic heterocycles. The lowest BCUT2D eigenvalue weighted by Crippen LogP contribution is -2.46. The maximum absolute atomic E-state index is 13.9. The van der Waals surface area contributed by atoms with Gasteiger partial charge in [-0.25, -0.2) is 14.8 Å². The number of aromatic nitrogens is 4. The van der Waals surface area contributed by atoms with Crippen molar-refractivity contribution in [3.63, 3.8) is 0 Å². The molecule has 478 valence electrons. The zero-order valence-electron chi connectivity index (χ0n) is 53.5. The molecule has 4 saturated heterocycles. The molecule has 0 radical (unpaired) electrons. The Morgan fingerprint density at radius 2 is 1.09 bits per heavy atom. The number of imidazole rings is 2. The maximum Gasteiger partial charge on any atom is 0.407 e. The molecule has 10 rings (SSSR count). The number of amides is 3. The second-order valence-corrected chi connectivity index (χ2v) is 26.4. The molecular weight excluding hydrogens is 1100 g/mol. The lowest BCUT2D eigenvalue weighted by molar-refractivity contribution is -0.133. The fraction of sp³-hybridized carbons (Fsp3) is 0.592. The average molecular weight is 1210 g/mol. The van der Waals surface area contributed by atoms with Crippen LogP contribution >= 0.6 is 0 Å². The van der Waals surface area contributed by atoms with Gasteiger partial charge in [0.15, 0.2) is 0 Å². The van der Waals surface area contributed by atoms with Gasteiger partial charge in [0, 0.05) is 141 Å². The van der Waals surface area contributed by atoms with Gasteiger partial charge in [-0.3, -0.25) is 9.59 Å². The van der Waals surface area contributed by atoms with E-state index >= 15 is 0 Å². The van der Waals surface area contributed by atoms with E-state index in [-0.39, 0.29) is 42.7 Å². The van der Waals surface area contributed by atoms with Gasteiger partial charge in [-0.2, -0.15) is 0 Å². The van der Waals surface area contributed by atoms with E-state index in [0.717, 1.165) is 163 Å². The van der Waals surface area contributed by atoms with Gasteiger partial charge in [0.1, 0.15) is 17.2 Å². The number of aliphatic hydroxyl groups is 2. The van der Waals surface area contributed by atoms with Crippen molar-refractivity contribution < 1.29 is 34.1 Å². The number of carbonyl (C=O) groups is 3. The van der Waals surface area contributed by atoms with Gasteiger partial charge < -0.3 is 59.5 Å². The molecule has 17 nitrogen and oxygen atoms in total. The predicted octanol–water partition coefficient (Wildman–Crippen LogP) is 11.0. The van der Waals surface area contributed by atoms with Crippen molar-refractivity contribution in [2.24, 2.45) is 17.6 Å². The summed E-state index contributed by atoms with van der Waals surface area (Å²) in [5.74, 6) is 4.01. The van der Waals surface area contributed by atoms with Crippen LogP contribution in [-0.2, 0) is 45.0 Å². The number of aryl methyl sites for hydroxylation is 2. The van der Waals surface area contributed by atoms with Gasteiger partial charge in [0.05, 0.1) is 22.1 Å². The monoisotopic (exact) mass is 1210 g/mol. The lowest BCUT2D eigenvalue weighted by atomic mass is 9.93. The highest BCUT2D eigenvalue weighted by molar-refractivity contribution is 5.80. The number of hydrogen-bond acceptors (Lipinski definition) is 12. The number of hydrogen-bond donors (Lipinski definition) is 4. The summed E-state index contributed by atoms with van der Waals surface area (Å²) in [6.45, 7) is 17.7. The highest BCUT2D eigenvalue weighted by Crippen LogP contribution is 2.34. The molecule has 17 heteroatoms. The Hall–Kier alpha value is -6.53. The number of nitrogens with one attached hydrogen (secondary N) is 1. The summed E-state index contributed by atoms with van der Waals surface area (Å²) in [6.07, 6.45) is 14.6. The summed E-state index contributed by atoms with van der Waals surface area (Å²) in [7, 11) is 1.74. The molecule has 0 bridgehead atoms. The van der Waals surface area contributed by atoms with E-state index in [1.165, 1.54) is 22.5 Å². The van der Waals surface area contributed by atoms with Crippen molar-refractivity contribution in [1.82, 2.24) is 34.2 Å². The van der Waals surface area contributed by atoms with E-state index in [1.54, 1.807) is 7.11 Å². The fourth-order valence-electron chi connectivity index (χ4n) is 13.8. The molecular formula is C71H102N10O7. The normalized spacial score (nSPS) is 18.7. The fourth-order valence-corrected chi connectivity index (χ4v) is 13.8. The van der Waals surface area contributed by atoms with Crippen LogP contribution in [0.3, 0.4) is 0 Å². The van der Waals surface area contributed by atoms with Crippen LogP contribution in [-0.4, -0.2) is 154 Å². The summed E-state index contributed by atoms with van der Waals surface area (Å²) in [5.41, 5.74) is 14.9. The van der Waals surface area contributed by atoms with E-state index in [9.17, 15) is 24.6 Å². The number of fused-ring (bicyclic) bond motifs is 2. The van der Waals surface area contributed by atoms with Gasteiger partial charge in [0.2, 0.25) is 11.8 Å². The van der Waals surface area contributed by atoms with Crippen LogP contribution in [0.5, 0.6) is 0 Å². The molecule has 4 fully saturated rings. The summed E-state index contributed by atoms with van der Waals surface area (Å²) < 4.78 is 15.6. The summed E-state index contributed by atoms with van der Waals surface area (Å²) >= 11 is 0. The zero-order valence-corrected chi connectivity index (χ0v) is 53.5. The number of methoxy groups -OCH3 is 1. The number of nitrogens with two attached hydrogens (primary N) is 1. The Balaban J connectivity index is 0.000000211. The number of alkyl carbamates (subject to hydrolysis) is 1. The third-order valence-electron chi connectivity index (χ3n) is 18.6. The smallest absolute Gasteiger partial charge is 0.407 e. The molecule has 4 aliphatic rings.